The second-order valence-electron chi connectivity index (χ2n) is 8.07. The molecule has 31 heavy (non-hydrogen) atoms. The summed E-state index contributed by atoms with van der Waals surface area (Å²) in [6.07, 6.45) is -4.03. The highest BCUT2D eigenvalue weighted by molar-refractivity contribution is 5.94. The molecule has 1 aliphatic carbocycles. The summed E-state index contributed by atoms with van der Waals surface area (Å²) in [6.45, 7) is 2.95. The Labute approximate surface area is 177 Å². The minimum absolute atomic E-state index is 0.144. The molecule has 0 radical (unpaired) electrons. The van der Waals surface area contributed by atoms with E-state index in [1.54, 1.807) is 23.1 Å². The molecular weight excluding hydrogens is 412 g/mol. The van der Waals surface area contributed by atoms with E-state index in [-0.39, 0.29) is 17.3 Å². The lowest BCUT2D eigenvalue weighted by molar-refractivity contribution is -0.138. The van der Waals surface area contributed by atoms with Gasteiger partial charge in [-0.05, 0) is 49.1 Å². The molecule has 2 aliphatic rings. The number of alkyl halides is 3. The number of rotatable bonds is 4. The van der Waals surface area contributed by atoms with E-state index in [1.165, 1.54) is 25.1 Å². The van der Waals surface area contributed by atoms with E-state index in [1.807, 2.05) is 4.90 Å². The SMILES string of the molecule is CC(=O)c1ccc(N2CCN(C(=O)C3CC3c3ccccc3C(F)(F)F)CC2)c(F)c1. The van der Waals surface area contributed by atoms with Crippen LogP contribution < -0.4 is 4.90 Å². The number of amides is 1. The molecule has 2 fully saturated rings. The molecular formula is C23H22F4N2O2. The first-order valence-electron chi connectivity index (χ1n) is 10.2. The molecule has 2 aromatic carbocycles. The van der Waals surface area contributed by atoms with Crippen LogP contribution in [0.1, 0.15) is 40.7 Å². The van der Waals surface area contributed by atoms with Crippen LogP contribution in [0.2, 0.25) is 0 Å². The smallest absolute Gasteiger partial charge is 0.366 e. The first kappa shape index (κ1) is 21.3. The van der Waals surface area contributed by atoms with E-state index in [0.717, 1.165) is 6.07 Å². The fraction of sp³-hybridized carbons (Fsp3) is 0.391. The second kappa shape index (κ2) is 7.98. The molecule has 0 spiro atoms. The van der Waals surface area contributed by atoms with Crippen molar-refractivity contribution in [1.82, 2.24) is 4.90 Å². The van der Waals surface area contributed by atoms with E-state index in [9.17, 15) is 27.2 Å². The standard InChI is InChI=1S/C23H22F4N2O2/c1-14(30)15-6-7-21(20(24)12-15)28-8-10-29(11-9-28)22(31)18-13-17(18)16-4-2-3-5-19(16)23(25,26)27/h2-7,12,17-18H,8-11,13H2,1H3. The number of halogens is 4. The quantitative estimate of drug-likeness (QED) is 0.526. The molecule has 2 atom stereocenters. The van der Waals surface area contributed by atoms with Gasteiger partial charge in [0.25, 0.3) is 0 Å². The van der Waals surface area contributed by atoms with Gasteiger partial charge in [-0.15, -0.1) is 0 Å². The second-order valence-corrected chi connectivity index (χ2v) is 8.07. The third-order valence-corrected chi connectivity index (χ3v) is 6.06. The van der Waals surface area contributed by atoms with Crippen LogP contribution in [-0.4, -0.2) is 42.8 Å². The van der Waals surface area contributed by atoms with Crippen LogP contribution in [0, 0.1) is 11.7 Å². The minimum atomic E-state index is -4.44. The number of hydrogen-bond donors (Lipinski definition) is 0. The topological polar surface area (TPSA) is 40.6 Å². The normalized spacial score (nSPS) is 21.2. The summed E-state index contributed by atoms with van der Waals surface area (Å²) in [5, 5.41) is 0. The minimum Gasteiger partial charge on any atom is -0.366 e. The molecule has 8 heteroatoms. The highest BCUT2D eigenvalue weighted by Gasteiger charge is 2.49. The van der Waals surface area contributed by atoms with E-state index in [4.69, 9.17) is 0 Å². The highest BCUT2D eigenvalue weighted by atomic mass is 19.4. The average molecular weight is 434 g/mol. The molecule has 1 amide bonds. The number of carbonyl (C=O) groups excluding carboxylic acids is 2. The third kappa shape index (κ3) is 4.29. The first-order valence-corrected chi connectivity index (χ1v) is 10.2. The van der Waals surface area contributed by atoms with Gasteiger partial charge in [0, 0.05) is 37.7 Å². The van der Waals surface area contributed by atoms with E-state index in [0.29, 0.717) is 43.9 Å². The molecule has 4 rings (SSSR count). The van der Waals surface area contributed by atoms with Crippen molar-refractivity contribution in [2.75, 3.05) is 31.1 Å². The van der Waals surface area contributed by atoms with Gasteiger partial charge < -0.3 is 9.80 Å². The largest absolute Gasteiger partial charge is 0.416 e. The Balaban J connectivity index is 1.39. The molecule has 4 nitrogen and oxygen atoms in total. The number of nitrogens with zero attached hydrogens (tertiary/aromatic N) is 2. The Hall–Kier alpha value is -2.90. The summed E-state index contributed by atoms with van der Waals surface area (Å²) in [7, 11) is 0. The van der Waals surface area contributed by atoms with Crippen LogP contribution in [0.25, 0.3) is 0 Å². The Morgan fingerprint density at radius 1 is 1.00 bits per heavy atom. The van der Waals surface area contributed by atoms with Gasteiger partial charge in [-0.1, -0.05) is 18.2 Å². The number of anilines is 1. The fourth-order valence-corrected chi connectivity index (χ4v) is 4.27. The fourth-order valence-electron chi connectivity index (χ4n) is 4.27. The molecule has 1 heterocycles. The van der Waals surface area contributed by atoms with Gasteiger partial charge >= 0.3 is 6.18 Å². The summed E-state index contributed by atoms with van der Waals surface area (Å²) in [5.74, 6) is -1.71. The summed E-state index contributed by atoms with van der Waals surface area (Å²) in [4.78, 5) is 27.7. The summed E-state index contributed by atoms with van der Waals surface area (Å²) in [6, 6.07) is 9.77. The summed E-state index contributed by atoms with van der Waals surface area (Å²) < 4.78 is 54.2. The van der Waals surface area contributed by atoms with Crippen molar-refractivity contribution in [3.8, 4) is 0 Å². The number of Topliss-reactive ketones (excluding diaryl/α,β-unsaturated/α-hetero) is 1. The van der Waals surface area contributed by atoms with Crippen molar-refractivity contribution in [2.45, 2.75) is 25.4 Å². The molecule has 164 valence electrons. The lowest BCUT2D eigenvalue weighted by Gasteiger charge is -2.36. The molecule has 2 unspecified atom stereocenters. The van der Waals surface area contributed by atoms with Gasteiger partial charge in [-0.25, -0.2) is 4.39 Å². The van der Waals surface area contributed by atoms with E-state index in [2.05, 4.69) is 0 Å². The van der Waals surface area contributed by atoms with E-state index >= 15 is 0 Å². The lowest BCUT2D eigenvalue weighted by Crippen LogP contribution is -2.49. The van der Waals surface area contributed by atoms with Crippen LogP contribution in [0.15, 0.2) is 42.5 Å². The monoisotopic (exact) mass is 434 g/mol. The summed E-state index contributed by atoms with van der Waals surface area (Å²) >= 11 is 0. The zero-order valence-electron chi connectivity index (χ0n) is 17.0. The van der Waals surface area contributed by atoms with Crippen molar-refractivity contribution in [3.63, 3.8) is 0 Å². The van der Waals surface area contributed by atoms with Crippen molar-refractivity contribution < 1.29 is 27.2 Å². The zero-order valence-corrected chi connectivity index (χ0v) is 17.0. The maximum Gasteiger partial charge on any atom is 0.416 e. The number of ketones is 1. The lowest BCUT2D eigenvalue weighted by atomic mass is 10.0. The number of piperazine rings is 1. The maximum absolute atomic E-state index is 14.4. The van der Waals surface area contributed by atoms with Crippen molar-refractivity contribution in [3.05, 3.63) is 65.0 Å². The van der Waals surface area contributed by atoms with Crippen LogP contribution in [0.4, 0.5) is 23.2 Å². The zero-order chi connectivity index (χ0) is 22.3. The third-order valence-electron chi connectivity index (χ3n) is 6.06. The first-order chi connectivity index (χ1) is 14.7. The number of carbonyl (C=O) groups is 2. The van der Waals surface area contributed by atoms with E-state index < -0.39 is 29.4 Å². The Morgan fingerprint density at radius 2 is 1.68 bits per heavy atom. The van der Waals surface area contributed by atoms with Crippen LogP contribution in [0.5, 0.6) is 0 Å². The maximum atomic E-state index is 14.4. The van der Waals surface area contributed by atoms with Gasteiger partial charge in [-0.2, -0.15) is 13.2 Å². The number of hydrogen-bond acceptors (Lipinski definition) is 3. The van der Waals surface area contributed by atoms with Gasteiger partial charge in [0.15, 0.2) is 5.78 Å². The highest BCUT2D eigenvalue weighted by Crippen LogP contribution is 2.51. The van der Waals surface area contributed by atoms with Gasteiger partial charge in [0.1, 0.15) is 5.82 Å². The Kier molecular flexibility index (Phi) is 5.49. The molecule has 2 aromatic rings. The predicted molar refractivity (Wildman–Crippen MR) is 107 cm³/mol. The van der Waals surface area contributed by atoms with Crippen molar-refractivity contribution in [1.29, 1.82) is 0 Å². The van der Waals surface area contributed by atoms with Crippen LogP contribution >= 0.6 is 0 Å². The average Bonchev–Trinajstić information content (AvgIpc) is 3.53. The van der Waals surface area contributed by atoms with Crippen LogP contribution in [-0.2, 0) is 11.0 Å². The molecule has 1 saturated heterocycles. The molecule has 0 N–H and O–H groups in total. The van der Waals surface area contributed by atoms with Crippen molar-refractivity contribution >= 4 is 17.4 Å². The Morgan fingerprint density at radius 3 is 2.29 bits per heavy atom. The predicted octanol–water partition coefficient (Wildman–Crippen LogP) is 4.50. The van der Waals surface area contributed by atoms with Gasteiger partial charge in [0.2, 0.25) is 5.91 Å². The summed E-state index contributed by atoms with van der Waals surface area (Å²) in [5.41, 5.74) is 0.179. The number of benzene rings is 2. The molecule has 1 saturated carbocycles. The van der Waals surface area contributed by atoms with Crippen LogP contribution in [0.3, 0.4) is 0 Å². The molecule has 0 aromatic heterocycles. The van der Waals surface area contributed by atoms with Gasteiger partial charge in [-0.3, -0.25) is 9.59 Å². The molecule has 1 aliphatic heterocycles. The Bertz CT molecular complexity index is 1010. The molecule has 0 bridgehead atoms. The van der Waals surface area contributed by atoms with Gasteiger partial charge in [0.05, 0.1) is 11.3 Å². The van der Waals surface area contributed by atoms with Crippen molar-refractivity contribution in [2.24, 2.45) is 5.92 Å².